The van der Waals surface area contributed by atoms with E-state index in [9.17, 15) is 5.11 Å². The number of nitrogen functional groups attached to an aromatic ring is 1. The summed E-state index contributed by atoms with van der Waals surface area (Å²) in [5.74, 6) is 0.863. The van der Waals surface area contributed by atoms with Gasteiger partial charge in [0.25, 0.3) is 0 Å². The molecule has 17 heavy (non-hydrogen) atoms. The fourth-order valence-electron chi connectivity index (χ4n) is 1.30. The Labute approximate surface area is 109 Å². The summed E-state index contributed by atoms with van der Waals surface area (Å²) in [4.78, 5) is 4.18. The SMILES string of the molecule is Nc1cc(CSc2ccc(Cl)cn2)ccc1O. The lowest BCUT2D eigenvalue weighted by molar-refractivity contribution is 0.478. The van der Waals surface area contributed by atoms with Crippen molar-refractivity contribution >= 4 is 29.1 Å². The third kappa shape index (κ3) is 3.28. The molecule has 1 aromatic heterocycles. The highest BCUT2D eigenvalue weighted by molar-refractivity contribution is 7.98. The van der Waals surface area contributed by atoms with Crippen molar-refractivity contribution in [3.05, 3.63) is 47.1 Å². The van der Waals surface area contributed by atoms with Crippen LogP contribution in [0.1, 0.15) is 5.56 Å². The number of hydrogen-bond acceptors (Lipinski definition) is 4. The van der Waals surface area contributed by atoms with E-state index in [1.165, 1.54) is 0 Å². The number of rotatable bonds is 3. The lowest BCUT2D eigenvalue weighted by Crippen LogP contribution is -1.88. The van der Waals surface area contributed by atoms with Crippen molar-refractivity contribution in [2.24, 2.45) is 0 Å². The molecule has 5 heteroatoms. The molecule has 88 valence electrons. The molecule has 0 bridgehead atoms. The molecule has 0 spiro atoms. The molecule has 0 aliphatic carbocycles. The van der Waals surface area contributed by atoms with E-state index in [0.717, 1.165) is 16.3 Å². The zero-order valence-electron chi connectivity index (χ0n) is 8.93. The van der Waals surface area contributed by atoms with Gasteiger partial charge in [-0.25, -0.2) is 4.98 Å². The topological polar surface area (TPSA) is 59.1 Å². The number of anilines is 1. The number of aromatic nitrogens is 1. The first kappa shape index (κ1) is 12.1. The molecule has 0 unspecified atom stereocenters. The molecular formula is C12H11ClN2OS. The molecule has 0 amide bonds. The third-order valence-corrected chi connectivity index (χ3v) is 3.42. The van der Waals surface area contributed by atoms with Crippen LogP contribution in [-0.2, 0) is 5.75 Å². The Balaban J connectivity index is 2.02. The van der Waals surface area contributed by atoms with Gasteiger partial charge in [-0.15, -0.1) is 11.8 Å². The molecular weight excluding hydrogens is 256 g/mol. The Hall–Kier alpha value is -1.39. The molecule has 0 fully saturated rings. The number of thioether (sulfide) groups is 1. The Bertz CT molecular complexity index is 516. The number of pyridine rings is 1. The summed E-state index contributed by atoms with van der Waals surface area (Å²) in [7, 11) is 0. The summed E-state index contributed by atoms with van der Waals surface area (Å²) >= 11 is 7.34. The minimum Gasteiger partial charge on any atom is -0.506 e. The number of hydrogen-bond donors (Lipinski definition) is 2. The highest BCUT2D eigenvalue weighted by Crippen LogP contribution is 2.26. The first-order valence-corrected chi connectivity index (χ1v) is 6.33. The predicted octanol–water partition coefficient (Wildman–Crippen LogP) is 3.32. The van der Waals surface area contributed by atoms with Crippen LogP contribution in [0.5, 0.6) is 5.75 Å². The molecule has 1 aromatic carbocycles. The average Bonchev–Trinajstić information content (AvgIpc) is 2.33. The Morgan fingerprint density at radius 3 is 2.76 bits per heavy atom. The van der Waals surface area contributed by atoms with Gasteiger partial charge >= 0.3 is 0 Å². The van der Waals surface area contributed by atoms with Crippen molar-refractivity contribution in [1.82, 2.24) is 4.98 Å². The summed E-state index contributed by atoms with van der Waals surface area (Å²) in [6.07, 6.45) is 1.62. The van der Waals surface area contributed by atoms with Gasteiger partial charge in [0, 0.05) is 11.9 Å². The standard InChI is InChI=1S/C12H11ClN2OS/c13-9-2-4-12(15-6-9)17-7-8-1-3-11(16)10(14)5-8/h1-6,16H,7,14H2. The van der Waals surface area contributed by atoms with Crippen LogP contribution in [0.25, 0.3) is 0 Å². The van der Waals surface area contributed by atoms with Crippen LogP contribution < -0.4 is 5.73 Å². The number of benzene rings is 1. The van der Waals surface area contributed by atoms with Gasteiger partial charge in [-0.1, -0.05) is 17.7 Å². The minimum absolute atomic E-state index is 0.114. The highest BCUT2D eigenvalue weighted by Gasteiger charge is 2.01. The lowest BCUT2D eigenvalue weighted by Gasteiger charge is -2.04. The molecule has 0 atom stereocenters. The fraction of sp³-hybridized carbons (Fsp3) is 0.0833. The Kier molecular flexibility index (Phi) is 3.76. The van der Waals surface area contributed by atoms with Gasteiger partial charge in [0.05, 0.1) is 15.7 Å². The lowest BCUT2D eigenvalue weighted by atomic mass is 10.2. The van der Waals surface area contributed by atoms with Gasteiger partial charge < -0.3 is 10.8 Å². The fourth-order valence-corrected chi connectivity index (χ4v) is 2.20. The molecule has 1 heterocycles. The monoisotopic (exact) mass is 266 g/mol. The Morgan fingerprint density at radius 2 is 2.12 bits per heavy atom. The second-order valence-corrected chi connectivity index (χ2v) is 4.93. The molecule has 0 radical (unpaired) electrons. The molecule has 2 rings (SSSR count). The number of phenolic OH excluding ortho intramolecular Hbond substituents is 1. The van der Waals surface area contributed by atoms with Crippen LogP contribution in [0.15, 0.2) is 41.6 Å². The molecule has 0 aliphatic rings. The van der Waals surface area contributed by atoms with Crippen LogP contribution in [0, 0.1) is 0 Å². The van der Waals surface area contributed by atoms with Gasteiger partial charge in [-0.3, -0.25) is 0 Å². The normalized spacial score (nSPS) is 10.4. The van der Waals surface area contributed by atoms with E-state index in [4.69, 9.17) is 17.3 Å². The van der Waals surface area contributed by atoms with E-state index < -0.39 is 0 Å². The summed E-state index contributed by atoms with van der Waals surface area (Å²) in [5.41, 5.74) is 7.06. The van der Waals surface area contributed by atoms with E-state index in [-0.39, 0.29) is 5.75 Å². The van der Waals surface area contributed by atoms with E-state index in [1.54, 1.807) is 30.1 Å². The molecule has 3 nitrogen and oxygen atoms in total. The summed E-state index contributed by atoms with van der Waals surface area (Å²) in [6.45, 7) is 0. The van der Waals surface area contributed by atoms with Crippen LogP contribution in [-0.4, -0.2) is 10.1 Å². The minimum atomic E-state index is 0.114. The van der Waals surface area contributed by atoms with Crippen molar-refractivity contribution in [1.29, 1.82) is 0 Å². The maximum atomic E-state index is 9.30. The molecule has 0 saturated carbocycles. The van der Waals surface area contributed by atoms with E-state index >= 15 is 0 Å². The quantitative estimate of drug-likeness (QED) is 0.508. The van der Waals surface area contributed by atoms with E-state index in [2.05, 4.69) is 4.98 Å². The first-order chi connectivity index (χ1) is 8.15. The van der Waals surface area contributed by atoms with Gasteiger partial charge in [0.15, 0.2) is 0 Å². The average molecular weight is 267 g/mol. The van der Waals surface area contributed by atoms with Crippen molar-refractivity contribution in [3.8, 4) is 5.75 Å². The second-order valence-electron chi connectivity index (χ2n) is 3.50. The first-order valence-electron chi connectivity index (χ1n) is 4.97. The molecule has 2 aromatic rings. The van der Waals surface area contributed by atoms with Gasteiger partial charge in [-0.05, 0) is 29.8 Å². The largest absolute Gasteiger partial charge is 0.506 e. The van der Waals surface area contributed by atoms with Crippen molar-refractivity contribution in [2.75, 3.05) is 5.73 Å². The second kappa shape index (κ2) is 5.29. The van der Waals surface area contributed by atoms with E-state index in [0.29, 0.717) is 10.7 Å². The number of nitrogens with two attached hydrogens (primary N) is 1. The van der Waals surface area contributed by atoms with Crippen LogP contribution in [0.3, 0.4) is 0 Å². The maximum absolute atomic E-state index is 9.30. The Morgan fingerprint density at radius 1 is 1.29 bits per heavy atom. The van der Waals surface area contributed by atoms with Crippen LogP contribution >= 0.6 is 23.4 Å². The molecule has 3 N–H and O–H groups in total. The van der Waals surface area contributed by atoms with Gasteiger partial charge in [0.1, 0.15) is 5.75 Å². The highest BCUT2D eigenvalue weighted by atomic mass is 35.5. The number of aromatic hydroxyl groups is 1. The summed E-state index contributed by atoms with van der Waals surface area (Å²) < 4.78 is 0. The predicted molar refractivity (Wildman–Crippen MR) is 71.3 cm³/mol. The number of phenols is 1. The number of halogens is 1. The van der Waals surface area contributed by atoms with Crippen LogP contribution in [0.4, 0.5) is 5.69 Å². The molecule has 0 aliphatic heterocycles. The van der Waals surface area contributed by atoms with E-state index in [1.807, 2.05) is 18.2 Å². The zero-order chi connectivity index (χ0) is 12.3. The van der Waals surface area contributed by atoms with Gasteiger partial charge in [0.2, 0.25) is 0 Å². The molecule has 0 saturated heterocycles. The van der Waals surface area contributed by atoms with Crippen LogP contribution in [0.2, 0.25) is 5.02 Å². The van der Waals surface area contributed by atoms with Crippen molar-refractivity contribution in [2.45, 2.75) is 10.8 Å². The van der Waals surface area contributed by atoms with Crippen molar-refractivity contribution in [3.63, 3.8) is 0 Å². The third-order valence-electron chi connectivity index (χ3n) is 2.18. The van der Waals surface area contributed by atoms with Gasteiger partial charge in [-0.2, -0.15) is 0 Å². The zero-order valence-corrected chi connectivity index (χ0v) is 10.5. The summed E-state index contributed by atoms with van der Waals surface area (Å²) in [5, 5.41) is 10.8. The van der Waals surface area contributed by atoms with Crippen molar-refractivity contribution < 1.29 is 5.11 Å². The maximum Gasteiger partial charge on any atom is 0.138 e. The smallest absolute Gasteiger partial charge is 0.138 e. The summed E-state index contributed by atoms with van der Waals surface area (Å²) in [6, 6.07) is 8.88. The number of nitrogens with zero attached hydrogens (tertiary/aromatic N) is 1.